The van der Waals surface area contributed by atoms with Crippen LogP contribution in [0.5, 0.6) is 5.88 Å². The summed E-state index contributed by atoms with van der Waals surface area (Å²) < 4.78 is 5.78. The lowest BCUT2D eigenvalue weighted by molar-refractivity contribution is 0.294. The molecule has 2 N–H and O–H groups in total. The minimum atomic E-state index is 0. The van der Waals surface area contributed by atoms with Crippen molar-refractivity contribution in [1.29, 1.82) is 0 Å². The first-order chi connectivity index (χ1) is 12.2. The summed E-state index contributed by atoms with van der Waals surface area (Å²) in [6.45, 7) is 5.56. The minimum Gasteiger partial charge on any atom is -0.477 e. The van der Waals surface area contributed by atoms with E-state index in [-0.39, 0.29) is 30.0 Å². The average Bonchev–Trinajstić information content (AvgIpc) is 2.66. The lowest BCUT2D eigenvalue weighted by Crippen LogP contribution is -2.38. The zero-order chi connectivity index (χ0) is 17.9. The molecule has 26 heavy (non-hydrogen) atoms. The van der Waals surface area contributed by atoms with Gasteiger partial charge < -0.3 is 15.4 Å². The fourth-order valence-corrected chi connectivity index (χ4v) is 2.41. The number of nitrogens with one attached hydrogen (secondary N) is 2. The highest BCUT2D eigenvalue weighted by Gasteiger charge is 2.09. The molecule has 6 heteroatoms. The Balaban J connectivity index is 0.00000338. The summed E-state index contributed by atoms with van der Waals surface area (Å²) in [7, 11) is 1.77. The third-order valence-corrected chi connectivity index (χ3v) is 3.91. The van der Waals surface area contributed by atoms with E-state index in [2.05, 4.69) is 46.6 Å². The lowest BCUT2D eigenvalue weighted by atomic mass is 10.1. The molecule has 5 nitrogen and oxygen atoms in total. The highest BCUT2D eigenvalue weighted by Crippen LogP contribution is 2.15. The molecule has 0 aliphatic heterocycles. The van der Waals surface area contributed by atoms with Crippen molar-refractivity contribution in [3.8, 4) is 5.88 Å². The molecule has 0 saturated heterocycles. The van der Waals surface area contributed by atoms with E-state index in [1.54, 1.807) is 13.2 Å². The van der Waals surface area contributed by atoms with Gasteiger partial charge >= 0.3 is 0 Å². The van der Waals surface area contributed by atoms with Crippen LogP contribution in [-0.4, -0.2) is 24.6 Å². The molecule has 0 aliphatic rings. The summed E-state index contributed by atoms with van der Waals surface area (Å²) >= 11 is 0. The fourth-order valence-electron chi connectivity index (χ4n) is 2.41. The van der Waals surface area contributed by atoms with Crippen LogP contribution in [0.15, 0.2) is 53.7 Å². The number of unbranched alkanes of at least 4 members (excludes halogenated alkanes) is 1. The van der Waals surface area contributed by atoms with E-state index in [0.717, 1.165) is 24.4 Å². The number of hydrogen-bond acceptors (Lipinski definition) is 3. The third-order valence-electron chi connectivity index (χ3n) is 3.91. The molecule has 0 fully saturated rings. The van der Waals surface area contributed by atoms with E-state index >= 15 is 0 Å². The SMILES string of the molecule is CCCCOc1ncccc1CNC(=NC)NC(C)c1ccccc1.I. The van der Waals surface area contributed by atoms with Crippen LogP contribution in [0.3, 0.4) is 0 Å². The molecule has 1 atom stereocenters. The zero-order valence-electron chi connectivity index (χ0n) is 15.7. The zero-order valence-corrected chi connectivity index (χ0v) is 18.1. The number of benzene rings is 1. The highest BCUT2D eigenvalue weighted by molar-refractivity contribution is 14.0. The summed E-state index contributed by atoms with van der Waals surface area (Å²) in [4.78, 5) is 8.65. The quantitative estimate of drug-likeness (QED) is 0.263. The molecule has 0 saturated carbocycles. The Bertz CT molecular complexity index is 664. The predicted molar refractivity (Wildman–Crippen MR) is 118 cm³/mol. The molecule has 0 amide bonds. The molecule has 0 radical (unpaired) electrons. The second-order valence-corrected chi connectivity index (χ2v) is 5.87. The average molecular weight is 468 g/mol. The van der Waals surface area contributed by atoms with Crippen LogP contribution in [0.4, 0.5) is 0 Å². The molecule has 2 aromatic rings. The number of pyridine rings is 1. The van der Waals surface area contributed by atoms with Crippen molar-refractivity contribution in [3.05, 3.63) is 59.8 Å². The Labute approximate surface area is 173 Å². The van der Waals surface area contributed by atoms with Crippen molar-refractivity contribution < 1.29 is 4.74 Å². The number of halogens is 1. The lowest BCUT2D eigenvalue weighted by Gasteiger charge is -2.19. The molecule has 0 spiro atoms. The monoisotopic (exact) mass is 468 g/mol. The highest BCUT2D eigenvalue weighted by atomic mass is 127. The molecule has 0 aliphatic carbocycles. The molecule has 1 aromatic heterocycles. The van der Waals surface area contributed by atoms with Gasteiger partial charge in [0.2, 0.25) is 5.88 Å². The van der Waals surface area contributed by atoms with Crippen LogP contribution in [0.2, 0.25) is 0 Å². The normalized spacial score (nSPS) is 12.0. The van der Waals surface area contributed by atoms with E-state index in [1.807, 2.05) is 30.3 Å². The first-order valence-corrected chi connectivity index (χ1v) is 8.83. The number of aliphatic imine (C=N–C) groups is 1. The van der Waals surface area contributed by atoms with Crippen molar-refractivity contribution in [1.82, 2.24) is 15.6 Å². The first-order valence-electron chi connectivity index (χ1n) is 8.83. The number of nitrogens with zero attached hydrogens (tertiary/aromatic N) is 2. The second kappa shape index (κ2) is 12.5. The summed E-state index contributed by atoms with van der Waals surface area (Å²) in [6.07, 6.45) is 3.89. The minimum absolute atomic E-state index is 0. The topological polar surface area (TPSA) is 58.5 Å². The van der Waals surface area contributed by atoms with E-state index in [1.165, 1.54) is 5.56 Å². The Morgan fingerprint density at radius 1 is 1.19 bits per heavy atom. The van der Waals surface area contributed by atoms with Crippen LogP contribution in [0.1, 0.15) is 43.9 Å². The van der Waals surface area contributed by atoms with Gasteiger partial charge in [-0.2, -0.15) is 0 Å². The van der Waals surface area contributed by atoms with Crippen LogP contribution < -0.4 is 15.4 Å². The smallest absolute Gasteiger partial charge is 0.218 e. The number of guanidine groups is 1. The van der Waals surface area contributed by atoms with E-state index in [0.29, 0.717) is 19.0 Å². The Hall–Kier alpha value is -1.83. The number of hydrogen-bond donors (Lipinski definition) is 2. The fraction of sp³-hybridized carbons (Fsp3) is 0.400. The van der Waals surface area contributed by atoms with Gasteiger partial charge in [-0.15, -0.1) is 24.0 Å². The van der Waals surface area contributed by atoms with Gasteiger partial charge in [0.15, 0.2) is 5.96 Å². The van der Waals surface area contributed by atoms with Crippen molar-refractivity contribution in [3.63, 3.8) is 0 Å². The van der Waals surface area contributed by atoms with Gasteiger partial charge in [0.05, 0.1) is 12.6 Å². The molecular weight excluding hydrogens is 439 g/mol. The van der Waals surface area contributed by atoms with Gasteiger partial charge in [-0.1, -0.05) is 49.7 Å². The predicted octanol–water partition coefficient (Wildman–Crippen LogP) is 4.30. The Kier molecular flexibility index (Phi) is 10.7. The van der Waals surface area contributed by atoms with Crippen molar-refractivity contribution >= 4 is 29.9 Å². The summed E-state index contributed by atoms with van der Waals surface area (Å²) in [5.74, 6) is 1.44. The Morgan fingerprint density at radius 2 is 1.96 bits per heavy atom. The molecule has 1 aromatic carbocycles. The van der Waals surface area contributed by atoms with Crippen LogP contribution in [0.25, 0.3) is 0 Å². The summed E-state index contributed by atoms with van der Waals surface area (Å²) in [6, 6.07) is 14.4. The van der Waals surface area contributed by atoms with Gasteiger partial charge in [-0.25, -0.2) is 4.98 Å². The molecular formula is C20H29IN4O. The molecule has 0 bridgehead atoms. The summed E-state index contributed by atoms with van der Waals surface area (Å²) in [5, 5.41) is 6.74. The van der Waals surface area contributed by atoms with Gasteiger partial charge in [0, 0.05) is 25.4 Å². The number of aromatic nitrogens is 1. The van der Waals surface area contributed by atoms with E-state index in [9.17, 15) is 0 Å². The van der Waals surface area contributed by atoms with Crippen molar-refractivity contribution in [2.45, 2.75) is 39.3 Å². The van der Waals surface area contributed by atoms with E-state index < -0.39 is 0 Å². The van der Waals surface area contributed by atoms with Crippen molar-refractivity contribution in [2.75, 3.05) is 13.7 Å². The van der Waals surface area contributed by atoms with Crippen LogP contribution >= 0.6 is 24.0 Å². The summed E-state index contributed by atoms with van der Waals surface area (Å²) in [5.41, 5.74) is 2.24. The van der Waals surface area contributed by atoms with Crippen LogP contribution in [0, 0.1) is 0 Å². The molecule has 1 heterocycles. The third kappa shape index (κ3) is 7.19. The maximum Gasteiger partial charge on any atom is 0.218 e. The standard InChI is InChI=1S/C20H28N4O.HI/c1-4-5-14-25-19-18(12-9-13-22-19)15-23-20(21-3)24-16(2)17-10-7-6-8-11-17;/h6-13,16H,4-5,14-15H2,1-3H3,(H2,21,23,24);1H. The largest absolute Gasteiger partial charge is 0.477 e. The maximum absolute atomic E-state index is 5.78. The number of rotatable bonds is 8. The maximum atomic E-state index is 5.78. The first kappa shape index (κ1) is 22.2. The Morgan fingerprint density at radius 3 is 2.65 bits per heavy atom. The van der Waals surface area contributed by atoms with Gasteiger partial charge in [0.1, 0.15) is 0 Å². The van der Waals surface area contributed by atoms with E-state index in [4.69, 9.17) is 4.74 Å². The van der Waals surface area contributed by atoms with Gasteiger partial charge in [-0.05, 0) is 25.0 Å². The van der Waals surface area contributed by atoms with Crippen LogP contribution in [-0.2, 0) is 6.54 Å². The van der Waals surface area contributed by atoms with Gasteiger partial charge in [-0.3, -0.25) is 4.99 Å². The molecule has 142 valence electrons. The molecule has 2 rings (SSSR count). The van der Waals surface area contributed by atoms with Gasteiger partial charge in [0.25, 0.3) is 0 Å². The second-order valence-electron chi connectivity index (χ2n) is 5.87. The number of ether oxygens (including phenoxy) is 1. The molecule has 1 unspecified atom stereocenters. The van der Waals surface area contributed by atoms with Crippen molar-refractivity contribution in [2.24, 2.45) is 4.99 Å².